The number of rotatable bonds is 2. The van der Waals surface area contributed by atoms with Crippen LogP contribution in [0.15, 0.2) is 29.0 Å². The van der Waals surface area contributed by atoms with E-state index in [9.17, 15) is 9.59 Å². The number of hydrogen-bond acceptors (Lipinski definition) is 4. The lowest BCUT2D eigenvalue weighted by molar-refractivity contribution is 0.0517. The number of aryl methyl sites for hydroxylation is 1. The first-order chi connectivity index (χ1) is 10.6. The first kappa shape index (κ1) is 14.4. The summed E-state index contributed by atoms with van der Waals surface area (Å²) in [5, 5.41) is 4.10. The second-order valence-corrected chi connectivity index (χ2v) is 5.33. The fraction of sp³-hybridized carbons (Fsp3) is 0.400. The van der Waals surface area contributed by atoms with E-state index >= 15 is 0 Å². The van der Waals surface area contributed by atoms with Gasteiger partial charge < -0.3 is 14.2 Å². The van der Waals surface area contributed by atoms with E-state index in [4.69, 9.17) is 4.42 Å². The van der Waals surface area contributed by atoms with Gasteiger partial charge in [-0.05, 0) is 19.1 Å². The third kappa shape index (κ3) is 2.49. The van der Waals surface area contributed by atoms with Gasteiger partial charge in [0, 0.05) is 38.9 Å². The van der Waals surface area contributed by atoms with Crippen molar-refractivity contribution in [2.24, 2.45) is 7.05 Å². The van der Waals surface area contributed by atoms with Crippen molar-refractivity contribution in [3.05, 3.63) is 41.6 Å². The van der Waals surface area contributed by atoms with Crippen molar-refractivity contribution in [3.63, 3.8) is 0 Å². The minimum absolute atomic E-state index is 0.0318. The lowest BCUT2D eigenvalue weighted by Crippen LogP contribution is -2.50. The maximum absolute atomic E-state index is 12.5. The molecule has 2 aromatic rings. The summed E-state index contributed by atoms with van der Waals surface area (Å²) in [7, 11) is 1.81. The van der Waals surface area contributed by atoms with E-state index < -0.39 is 0 Å². The lowest BCUT2D eigenvalue weighted by atomic mass is 10.2. The van der Waals surface area contributed by atoms with Crippen molar-refractivity contribution in [1.29, 1.82) is 0 Å². The van der Waals surface area contributed by atoms with Gasteiger partial charge in [0.25, 0.3) is 11.8 Å². The molecule has 0 atom stereocenters. The number of nitrogens with zero attached hydrogens (tertiary/aromatic N) is 4. The van der Waals surface area contributed by atoms with E-state index in [0.717, 1.165) is 5.69 Å². The summed E-state index contributed by atoms with van der Waals surface area (Å²) in [5.74, 6) is 0.174. The average molecular weight is 302 g/mol. The number of aromatic nitrogens is 2. The van der Waals surface area contributed by atoms with E-state index in [2.05, 4.69) is 5.10 Å². The molecular formula is C15H18N4O3. The Morgan fingerprint density at radius 2 is 1.77 bits per heavy atom. The van der Waals surface area contributed by atoms with E-state index in [1.165, 1.54) is 6.26 Å². The zero-order chi connectivity index (χ0) is 15.7. The maximum atomic E-state index is 12.5. The van der Waals surface area contributed by atoms with Gasteiger partial charge in [0.15, 0.2) is 5.76 Å². The van der Waals surface area contributed by atoms with Gasteiger partial charge in [0.2, 0.25) is 0 Å². The van der Waals surface area contributed by atoms with Gasteiger partial charge in [0.05, 0.1) is 18.0 Å². The highest BCUT2D eigenvalue weighted by Gasteiger charge is 2.27. The minimum atomic E-state index is -0.130. The van der Waals surface area contributed by atoms with Crippen molar-refractivity contribution in [1.82, 2.24) is 19.6 Å². The summed E-state index contributed by atoms with van der Waals surface area (Å²) >= 11 is 0. The molecule has 0 aliphatic carbocycles. The maximum Gasteiger partial charge on any atom is 0.289 e. The molecule has 0 radical (unpaired) electrons. The van der Waals surface area contributed by atoms with Gasteiger partial charge in [-0.2, -0.15) is 5.10 Å². The molecule has 0 spiro atoms. The van der Waals surface area contributed by atoms with Crippen LogP contribution in [-0.4, -0.2) is 57.6 Å². The molecule has 3 heterocycles. The number of furan rings is 1. The zero-order valence-corrected chi connectivity index (χ0v) is 12.7. The Morgan fingerprint density at radius 1 is 1.14 bits per heavy atom. The monoisotopic (exact) mass is 302 g/mol. The molecule has 0 unspecified atom stereocenters. The second-order valence-electron chi connectivity index (χ2n) is 5.33. The Balaban J connectivity index is 1.63. The first-order valence-electron chi connectivity index (χ1n) is 7.18. The van der Waals surface area contributed by atoms with Crippen molar-refractivity contribution in [2.75, 3.05) is 26.2 Å². The van der Waals surface area contributed by atoms with Crippen LogP contribution in [0.1, 0.15) is 26.6 Å². The molecule has 22 heavy (non-hydrogen) atoms. The van der Waals surface area contributed by atoms with E-state index in [0.29, 0.717) is 37.5 Å². The van der Waals surface area contributed by atoms with Gasteiger partial charge in [-0.25, -0.2) is 0 Å². The van der Waals surface area contributed by atoms with Gasteiger partial charge >= 0.3 is 0 Å². The average Bonchev–Trinajstić information content (AvgIpc) is 3.18. The summed E-state index contributed by atoms with van der Waals surface area (Å²) < 4.78 is 6.81. The van der Waals surface area contributed by atoms with E-state index in [-0.39, 0.29) is 11.8 Å². The lowest BCUT2D eigenvalue weighted by Gasteiger charge is -2.34. The topological polar surface area (TPSA) is 71.6 Å². The highest BCUT2D eigenvalue weighted by Crippen LogP contribution is 2.14. The van der Waals surface area contributed by atoms with Crippen molar-refractivity contribution < 1.29 is 14.0 Å². The Kier molecular flexibility index (Phi) is 3.70. The molecule has 1 saturated heterocycles. The Labute approximate surface area is 128 Å². The molecule has 7 heteroatoms. The predicted octanol–water partition coefficient (Wildman–Crippen LogP) is 0.920. The van der Waals surface area contributed by atoms with Gasteiger partial charge in [-0.1, -0.05) is 0 Å². The van der Waals surface area contributed by atoms with Crippen LogP contribution in [-0.2, 0) is 7.05 Å². The summed E-state index contributed by atoms with van der Waals surface area (Å²) in [4.78, 5) is 28.1. The largest absolute Gasteiger partial charge is 0.459 e. The molecule has 0 aromatic carbocycles. The van der Waals surface area contributed by atoms with Gasteiger partial charge in [0.1, 0.15) is 0 Å². The van der Waals surface area contributed by atoms with E-state index in [1.807, 2.05) is 14.0 Å². The third-order valence-corrected chi connectivity index (χ3v) is 4.05. The molecule has 2 aromatic heterocycles. The minimum Gasteiger partial charge on any atom is -0.459 e. The zero-order valence-electron chi connectivity index (χ0n) is 12.7. The van der Waals surface area contributed by atoms with Crippen LogP contribution in [0.3, 0.4) is 0 Å². The number of carbonyl (C=O) groups is 2. The molecule has 0 bridgehead atoms. The molecular weight excluding hydrogens is 284 g/mol. The van der Waals surface area contributed by atoms with Crippen LogP contribution in [0, 0.1) is 6.92 Å². The standard InChI is InChI=1S/C15H18N4O3/c1-11-12(10-16-17(11)2)14(20)18-5-7-19(8-6-18)15(21)13-4-3-9-22-13/h3-4,9-10H,5-8H2,1-2H3. The summed E-state index contributed by atoms with van der Waals surface area (Å²) in [6.07, 6.45) is 3.08. The molecule has 3 rings (SSSR count). The molecule has 0 saturated carbocycles. The van der Waals surface area contributed by atoms with Crippen molar-refractivity contribution in [2.45, 2.75) is 6.92 Å². The Morgan fingerprint density at radius 3 is 2.27 bits per heavy atom. The second kappa shape index (κ2) is 5.67. The summed E-state index contributed by atoms with van der Waals surface area (Å²) in [5.41, 5.74) is 1.47. The normalized spacial score (nSPS) is 15.2. The highest BCUT2D eigenvalue weighted by atomic mass is 16.3. The number of hydrogen-bond donors (Lipinski definition) is 0. The number of piperazine rings is 1. The molecule has 1 fully saturated rings. The van der Waals surface area contributed by atoms with Crippen LogP contribution in [0.2, 0.25) is 0 Å². The van der Waals surface area contributed by atoms with Crippen LogP contribution in [0.25, 0.3) is 0 Å². The number of carbonyl (C=O) groups excluding carboxylic acids is 2. The fourth-order valence-electron chi connectivity index (χ4n) is 2.55. The smallest absolute Gasteiger partial charge is 0.289 e. The van der Waals surface area contributed by atoms with E-state index in [1.54, 1.807) is 32.8 Å². The first-order valence-corrected chi connectivity index (χ1v) is 7.18. The quantitative estimate of drug-likeness (QED) is 0.827. The molecule has 1 aliphatic rings. The molecule has 0 N–H and O–H groups in total. The van der Waals surface area contributed by atoms with Crippen LogP contribution in [0.4, 0.5) is 0 Å². The fourth-order valence-corrected chi connectivity index (χ4v) is 2.55. The molecule has 1 aliphatic heterocycles. The van der Waals surface area contributed by atoms with Crippen LogP contribution >= 0.6 is 0 Å². The van der Waals surface area contributed by atoms with Crippen LogP contribution in [0.5, 0.6) is 0 Å². The van der Waals surface area contributed by atoms with Crippen molar-refractivity contribution in [3.8, 4) is 0 Å². The molecule has 2 amide bonds. The SMILES string of the molecule is Cc1c(C(=O)N2CCN(C(=O)c3ccco3)CC2)cnn1C. The molecule has 116 valence electrons. The Hall–Kier alpha value is -2.57. The van der Waals surface area contributed by atoms with Gasteiger partial charge in [-0.3, -0.25) is 14.3 Å². The van der Waals surface area contributed by atoms with Crippen molar-refractivity contribution >= 4 is 11.8 Å². The predicted molar refractivity (Wildman–Crippen MR) is 78.5 cm³/mol. The third-order valence-electron chi connectivity index (χ3n) is 4.05. The van der Waals surface area contributed by atoms with Gasteiger partial charge in [-0.15, -0.1) is 0 Å². The molecule has 7 nitrogen and oxygen atoms in total. The Bertz CT molecular complexity index is 682. The number of amides is 2. The summed E-state index contributed by atoms with van der Waals surface area (Å²) in [6.45, 7) is 3.91. The summed E-state index contributed by atoms with van der Waals surface area (Å²) in [6, 6.07) is 3.34. The highest BCUT2D eigenvalue weighted by molar-refractivity contribution is 5.95. The van der Waals surface area contributed by atoms with Crippen LogP contribution < -0.4 is 0 Å².